The van der Waals surface area contributed by atoms with Crippen molar-refractivity contribution >= 4 is 32.4 Å². The van der Waals surface area contributed by atoms with E-state index in [1.807, 2.05) is 42.7 Å². The number of rotatable bonds is 3. The molecule has 1 aromatic carbocycles. The first-order valence-electron chi connectivity index (χ1n) is 6.01. The Labute approximate surface area is 119 Å². The zero-order chi connectivity index (χ0) is 13.1. The van der Waals surface area contributed by atoms with Gasteiger partial charge in [0.1, 0.15) is 4.60 Å². The maximum Gasteiger partial charge on any atom is 0.106 e. The number of hydrogen-bond acceptors (Lipinski definition) is 3. The Hall–Kier alpha value is -1.94. The fraction of sp³-hybridized carbons (Fsp3) is 0.0667. The number of fused-ring (bicyclic) bond motifs is 1. The van der Waals surface area contributed by atoms with Gasteiger partial charge >= 0.3 is 0 Å². The summed E-state index contributed by atoms with van der Waals surface area (Å²) in [6.07, 6.45) is 3.69. The predicted octanol–water partition coefficient (Wildman–Crippen LogP) is 4.00. The number of aromatic nitrogens is 2. The quantitative estimate of drug-likeness (QED) is 0.743. The van der Waals surface area contributed by atoms with Crippen LogP contribution in [0.1, 0.15) is 5.69 Å². The largest absolute Gasteiger partial charge is 0.379 e. The van der Waals surface area contributed by atoms with E-state index >= 15 is 0 Å². The molecule has 0 spiro atoms. The molecule has 0 unspecified atom stereocenters. The molecule has 0 atom stereocenters. The summed E-state index contributed by atoms with van der Waals surface area (Å²) in [5, 5.41) is 5.72. The van der Waals surface area contributed by atoms with Crippen molar-refractivity contribution in [2.45, 2.75) is 6.54 Å². The van der Waals surface area contributed by atoms with E-state index in [0.29, 0.717) is 6.54 Å². The molecule has 3 rings (SSSR count). The number of pyridine rings is 2. The van der Waals surface area contributed by atoms with Crippen LogP contribution in [0.15, 0.2) is 59.5 Å². The van der Waals surface area contributed by atoms with Crippen LogP contribution in [0.2, 0.25) is 0 Å². The van der Waals surface area contributed by atoms with Crippen molar-refractivity contribution in [2.24, 2.45) is 0 Å². The fourth-order valence-electron chi connectivity index (χ4n) is 2.00. The van der Waals surface area contributed by atoms with Gasteiger partial charge in [-0.05, 0) is 45.6 Å². The highest BCUT2D eigenvalue weighted by Crippen LogP contribution is 2.22. The summed E-state index contributed by atoms with van der Waals surface area (Å²) in [6.45, 7) is 0.688. The van der Waals surface area contributed by atoms with Gasteiger partial charge in [-0.2, -0.15) is 0 Å². The molecule has 0 saturated carbocycles. The molecule has 0 aliphatic rings. The van der Waals surface area contributed by atoms with Crippen LogP contribution in [0.25, 0.3) is 10.8 Å². The van der Waals surface area contributed by atoms with Crippen LogP contribution in [0.4, 0.5) is 5.69 Å². The fourth-order valence-corrected chi connectivity index (χ4v) is 2.38. The lowest BCUT2D eigenvalue weighted by Gasteiger charge is -2.09. The third kappa shape index (κ3) is 2.74. The average Bonchev–Trinajstić information content (AvgIpc) is 2.45. The first-order valence-corrected chi connectivity index (χ1v) is 6.80. The molecule has 0 aliphatic carbocycles. The Balaban J connectivity index is 1.86. The molecule has 0 fully saturated rings. The van der Waals surface area contributed by atoms with E-state index in [1.54, 1.807) is 0 Å². The van der Waals surface area contributed by atoms with E-state index in [-0.39, 0.29) is 0 Å². The second-order valence-corrected chi connectivity index (χ2v) is 5.02. The first-order chi connectivity index (χ1) is 9.33. The predicted molar refractivity (Wildman–Crippen MR) is 81.0 cm³/mol. The molecule has 2 aromatic heterocycles. The van der Waals surface area contributed by atoms with Crippen molar-refractivity contribution < 1.29 is 0 Å². The number of nitrogens with one attached hydrogen (secondary N) is 1. The molecule has 0 bridgehead atoms. The van der Waals surface area contributed by atoms with Crippen LogP contribution < -0.4 is 5.32 Å². The van der Waals surface area contributed by atoms with Crippen LogP contribution in [0, 0.1) is 0 Å². The Bertz CT molecular complexity index is 707. The highest BCUT2D eigenvalue weighted by atomic mass is 79.9. The van der Waals surface area contributed by atoms with E-state index in [4.69, 9.17) is 0 Å². The summed E-state index contributed by atoms with van der Waals surface area (Å²) in [5.41, 5.74) is 2.07. The monoisotopic (exact) mass is 313 g/mol. The molecule has 0 aliphatic heterocycles. The zero-order valence-electron chi connectivity index (χ0n) is 10.2. The standard InChI is InChI=1S/C15H12BrN3/c16-15-6-2-4-12(19-15)9-18-14-5-1-3-11-7-8-17-10-13(11)14/h1-8,10,18H,9H2. The van der Waals surface area contributed by atoms with Crippen LogP contribution >= 0.6 is 15.9 Å². The van der Waals surface area contributed by atoms with Crippen molar-refractivity contribution in [2.75, 3.05) is 5.32 Å². The van der Waals surface area contributed by atoms with Crippen LogP contribution in [-0.2, 0) is 6.54 Å². The lowest BCUT2D eigenvalue weighted by Crippen LogP contribution is -2.02. The molecule has 1 N–H and O–H groups in total. The van der Waals surface area contributed by atoms with Crippen molar-refractivity contribution in [3.8, 4) is 0 Å². The van der Waals surface area contributed by atoms with Gasteiger partial charge in [-0.15, -0.1) is 0 Å². The van der Waals surface area contributed by atoms with Gasteiger partial charge in [0.2, 0.25) is 0 Å². The van der Waals surface area contributed by atoms with Crippen molar-refractivity contribution in [1.29, 1.82) is 0 Å². The Kier molecular flexibility index (Phi) is 3.42. The van der Waals surface area contributed by atoms with E-state index in [2.05, 4.69) is 43.3 Å². The summed E-state index contributed by atoms with van der Waals surface area (Å²) >= 11 is 3.38. The van der Waals surface area contributed by atoms with Gasteiger partial charge in [0, 0.05) is 23.5 Å². The van der Waals surface area contributed by atoms with Crippen molar-refractivity contribution in [3.63, 3.8) is 0 Å². The molecule has 94 valence electrons. The Morgan fingerprint density at radius 3 is 2.84 bits per heavy atom. The minimum absolute atomic E-state index is 0.688. The highest BCUT2D eigenvalue weighted by molar-refractivity contribution is 9.10. The van der Waals surface area contributed by atoms with Gasteiger partial charge in [0.25, 0.3) is 0 Å². The molecular weight excluding hydrogens is 302 g/mol. The highest BCUT2D eigenvalue weighted by Gasteiger charge is 2.01. The lowest BCUT2D eigenvalue weighted by molar-refractivity contribution is 1.03. The smallest absolute Gasteiger partial charge is 0.106 e. The van der Waals surface area contributed by atoms with E-state index in [1.165, 1.54) is 5.39 Å². The molecule has 0 saturated heterocycles. The topological polar surface area (TPSA) is 37.8 Å². The van der Waals surface area contributed by atoms with Gasteiger partial charge in [0.05, 0.1) is 12.2 Å². The number of anilines is 1. The Morgan fingerprint density at radius 2 is 1.95 bits per heavy atom. The van der Waals surface area contributed by atoms with Gasteiger partial charge in [-0.25, -0.2) is 4.98 Å². The number of benzene rings is 1. The number of nitrogens with zero attached hydrogens (tertiary/aromatic N) is 2. The summed E-state index contributed by atoms with van der Waals surface area (Å²) < 4.78 is 0.853. The molecule has 3 aromatic rings. The second-order valence-electron chi connectivity index (χ2n) is 4.21. The van der Waals surface area contributed by atoms with E-state index in [0.717, 1.165) is 21.4 Å². The third-order valence-corrected chi connectivity index (χ3v) is 3.36. The number of hydrogen-bond donors (Lipinski definition) is 1. The average molecular weight is 314 g/mol. The second kappa shape index (κ2) is 5.36. The molecule has 0 amide bonds. The number of halogens is 1. The van der Waals surface area contributed by atoms with Crippen LogP contribution in [0.3, 0.4) is 0 Å². The van der Waals surface area contributed by atoms with Crippen molar-refractivity contribution in [1.82, 2.24) is 9.97 Å². The minimum atomic E-state index is 0.688. The van der Waals surface area contributed by atoms with Gasteiger partial charge in [-0.1, -0.05) is 18.2 Å². The summed E-state index contributed by atoms with van der Waals surface area (Å²) in [7, 11) is 0. The molecule has 4 heteroatoms. The van der Waals surface area contributed by atoms with Gasteiger partial charge < -0.3 is 5.32 Å². The molecule has 0 radical (unpaired) electrons. The van der Waals surface area contributed by atoms with E-state index < -0.39 is 0 Å². The van der Waals surface area contributed by atoms with E-state index in [9.17, 15) is 0 Å². The van der Waals surface area contributed by atoms with Gasteiger partial charge in [0.15, 0.2) is 0 Å². The zero-order valence-corrected chi connectivity index (χ0v) is 11.8. The minimum Gasteiger partial charge on any atom is -0.379 e. The SMILES string of the molecule is Brc1cccc(CNc2cccc3ccncc23)n1. The lowest BCUT2D eigenvalue weighted by atomic mass is 10.1. The molecule has 3 nitrogen and oxygen atoms in total. The summed E-state index contributed by atoms with van der Waals surface area (Å²) in [4.78, 5) is 8.59. The van der Waals surface area contributed by atoms with Crippen molar-refractivity contribution in [3.05, 3.63) is 65.2 Å². The maximum atomic E-state index is 4.41. The first kappa shape index (κ1) is 12.1. The Morgan fingerprint density at radius 1 is 1.05 bits per heavy atom. The molecule has 2 heterocycles. The molecular formula is C15H12BrN3. The third-order valence-electron chi connectivity index (χ3n) is 2.92. The normalized spacial score (nSPS) is 10.6. The maximum absolute atomic E-state index is 4.41. The summed E-state index contributed by atoms with van der Waals surface area (Å²) in [5.74, 6) is 0. The summed E-state index contributed by atoms with van der Waals surface area (Å²) in [6, 6.07) is 14.1. The molecule has 19 heavy (non-hydrogen) atoms. The van der Waals surface area contributed by atoms with Gasteiger partial charge in [-0.3, -0.25) is 4.98 Å². The van der Waals surface area contributed by atoms with Crippen LogP contribution in [-0.4, -0.2) is 9.97 Å². The van der Waals surface area contributed by atoms with Crippen LogP contribution in [0.5, 0.6) is 0 Å².